The van der Waals surface area contributed by atoms with Gasteiger partial charge in [-0.1, -0.05) is 23.9 Å². The van der Waals surface area contributed by atoms with Crippen LogP contribution in [0.1, 0.15) is 28.5 Å². The second kappa shape index (κ2) is 7.95. The molecule has 22 heavy (non-hydrogen) atoms. The summed E-state index contributed by atoms with van der Waals surface area (Å²) in [5.41, 5.74) is 7.51. The van der Waals surface area contributed by atoms with Crippen molar-refractivity contribution in [2.24, 2.45) is 5.73 Å². The Morgan fingerprint density at radius 3 is 2.68 bits per heavy atom. The topological polar surface area (TPSA) is 82.3 Å². The molecule has 0 unspecified atom stereocenters. The first kappa shape index (κ1) is 16.5. The standard InChI is InChI=1S/C15H16N2O3S2/c1-2-20-13(18)7-12-9-22-15(17-12)21-8-10-3-5-11(6-4-10)14(16)19/h3-6,9H,2,7-8H2,1H3,(H2,16,19). The highest BCUT2D eigenvalue weighted by atomic mass is 32.2. The molecule has 2 aromatic rings. The molecule has 1 amide bonds. The van der Waals surface area contributed by atoms with Crippen LogP contribution >= 0.6 is 23.1 Å². The first-order valence-corrected chi connectivity index (χ1v) is 8.56. The maximum atomic E-state index is 11.4. The zero-order chi connectivity index (χ0) is 15.9. The number of ether oxygens (including phenoxy) is 1. The Morgan fingerprint density at radius 1 is 1.32 bits per heavy atom. The van der Waals surface area contributed by atoms with E-state index in [2.05, 4.69) is 4.98 Å². The molecule has 7 heteroatoms. The fraction of sp³-hybridized carbons (Fsp3) is 0.267. The van der Waals surface area contributed by atoms with E-state index in [9.17, 15) is 9.59 Å². The van der Waals surface area contributed by atoms with Gasteiger partial charge in [0.15, 0.2) is 0 Å². The monoisotopic (exact) mass is 336 g/mol. The number of rotatable bonds is 7. The number of esters is 1. The average molecular weight is 336 g/mol. The van der Waals surface area contributed by atoms with Crippen molar-refractivity contribution in [1.29, 1.82) is 0 Å². The largest absolute Gasteiger partial charge is 0.466 e. The van der Waals surface area contributed by atoms with Gasteiger partial charge in [-0.2, -0.15) is 0 Å². The van der Waals surface area contributed by atoms with Gasteiger partial charge in [-0.05, 0) is 24.6 Å². The number of carbonyl (C=O) groups excluding carboxylic acids is 2. The number of benzene rings is 1. The number of thiazole rings is 1. The van der Waals surface area contributed by atoms with Crippen LogP contribution in [0, 0.1) is 0 Å². The molecular formula is C15H16N2O3S2. The van der Waals surface area contributed by atoms with Gasteiger partial charge in [0.1, 0.15) is 4.34 Å². The lowest BCUT2D eigenvalue weighted by Crippen LogP contribution is -2.10. The van der Waals surface area contributed by atoms with Crippen molar-refractivity contribution in [3.63, 3.8) is 0 Å². The van der Waals surface area contributed by atoms with Gasteiger partial charge in [0, 0.05) is 16.7 Å². The third kappa shape index (κ3) is 4.85. The minimum atomic E-state index is -0.428. The number of amides is 1. The zero-order valence-corrected chi connectivity index (χ0v) is 13.7. The molecule has 0 saturated heterocycles. The van der Waals surface area contributed by atoms with Crippen LogP contribution in [0.5, 0.6) is 0 Å². The van der Waals surface area contributed by atoms with E-state index in [-0.39, 0.29) is 12.4 Å². The van der Waals surface area contributed by atoms with E-state index in [0.29, 0.717) is 12.2 Å². The molecule has 1 aromatic heterocycles. The lowest BCUT2D eigenvalue weighted by atomic mass is 10.1. The van der Waals surface area contributed by atoms with E-state index in [1.165, 1.54) is 11.3 Å². The third-order valence-electron chi connectivity index (χ3n) is 2.76. The normalized spacial score (nSPS) is 10.4. The summed E-state index contributed by atoms with van der Waals surface area (Å²) in [6, 6.07) is 7.18. The molecule has 0 radical (unpaired) electrons. The molecule has 0 spiro atoms. The Kier molecular flexibility index (Phi) is 5.97. The van der Waals surface area contributed by atoms with Crippen molar-refractivity contribution in [3.8, 4) is 0 Å². The molecule has 1 heterocycles. The van der Waals surface area contributed by atoms with E-state index in [0.717, 1.165) is 21.3 Å². The number of primary amides is 1. The Labute approximate surface area is 136 Å². The predicted molar refractivity (Wildman–Crippen MR) is 87.0 cm³/mol. The highest BCUT2D eigenvalue weighted by Gasteiger charge is 2.09. The van der Waals surface area contributed by atoms with Gasteiger partial charge in [0.25, 0.3) is 0 Å². The molecule has 116 valence electrons. The van der Waals surface area contributed by atoms with Crippen molar-refractivity contribution in [2.45, 2.75) is 23.4 Å². The first-order chi connectivity index (χ1) is 10.6. The highest BCUT2D eigenvalue weighted by molar-refractivity contribution is 8.00. The van der Waals surface area contributed by atoms with E-state index < -0.39 is 5.91 Å². The molecule has 1 aromatic carbocycles. The fourth-order valence-electron chi connectivity index (χ4n) is 1.71. The van der Waals surface area contributed by atoms with Crippen LogP contribution in [0.25, 0.3) is 0 Å². The van der Waals surface area contributed by atoms with Crippen LogP contribution in [0.2, 0.25) is 0 Å². The van der Waals surface area contributed by atoms with Gasteiger partial charge >= 0.3 is 5.97 Å². The average Bonchev–Trinajstić information content (AvgIpc) is 2.93. The van der Waals surface area contributed by atoms with Gasteiger partial charge in [-0.15, -0.1) is 11.3 Å². The lowest BCUT2D eigenvalue weighted by molar-refractivity contribution is -0.142. The van der Waals surface area contributed by atoms with Crippen molar-refractivity contribution in [3.05, 3.63) is 46.5 Å². The Bertz CT molecular complexity index is 653. The number of carbonyl (C=O) groups is 2. The molecule has 5 nitrogen and oxygen atoms in total. The van der Waals surface area contributed by atoms with Crippen molar-refractivity contribution >= 4 is 35.0 Å². The zero-order valence-electron chi connectivity index (χ0n) is 12.1. The van der Waals surface area contributed by atoms with E-state index in [1.807, 2.05) is 17.5 Å². The minimum Gasteiger partial charge on any atom is -0.466 e. The number of thioether (sulfide) groups is 1. The summed E-state index contributed by atoms with van der Waals surface area (Å²) < 4.78 is 5.80. The number of aromatic nitrogens is 1. The molecule has 0 fully saturated rings. The fourth-order valence-corrected chi connectivity index (χ4v) is 3.51. The molecule has 2 N–H and O–H groups in total. The number of nitrogens with zero attached hydrogens (tertiary/aromatic N) is 1. The summed E-state index contributed by atoms with van der Waals surface area (Å²) in [4.78, 5) is 26.8. The molecule has 2 rings (SSSR count). The summed E-state index contributed by atoms with van der Waals surface area (Å²) in [6.07, 6.45) is 0.207. The van der Waals surface area contributed by atoms with E-state index >= 15 is 0 Å². The van der Waals surface area contributed by atoms with E-state index in [1.54, 1.807) is 30.8 Å². The number of hydrogen-bond donors (Lipinski definition) is 1. The summed E-state index contributed by atoms with van der Waals surface area (Å²) >= 11 is 3.10. The predicted octanol–water partition coefficient (Wildman–Crippen LogP) is 2.64. The minimum absolute atomic E-state index is 0.207. The maximum Gasteiger partial charge on any atom is 0.311 e. The van der Waals surface area contributed by atoms with Crippen LogP contribution in [0.15, 0.2) is 34.0 Å². The SMILES string of the molecule is CCOC(=O)Cc1csc(SCc2ccc(C(N)=O)cc2)n1. The maximum absolute atomic E-state index is 11.4. The van der Waals surface area contributed by atoms with Gasteiger partial charge in [-0.25, -0.2) is 4.98 Å². The smallest absolute Gasteiger partial charge is 0.311 e. The summed E-state index contributed by atoms with van der Waals surface area (Å²) in [5, 5.41) is 1.87. The van der Waals surface area contributed by atoms with Crippen LogP contribution in [-0.4, -0.2) is 23.5 Å². The third-order valence-corrected chi connectivity index (χ3v) is 4.90. The van der Waals surface area contributed by atoms with Crippen molar-refractivity contribution in [1.82, 2.24) is 4.98 Å². The quantitative estimate of drug-likeness (QED) is 0.621. The highest BCUT2D eigenvalue weighted by Crippen LogP contribution is 2.26. The summed E-state index contributed by atoms with van der Waals surface area (Å²) in [5.74, 6) is 0.0555. The molecule has 0 bridgehead atoms. The van der Waals surface area contributed by atoms with E-state index in [4.69, 9.17) is 10.5 Å². The number of hydrogen-bond acceptors (Lipinski definition) is 6. The Morgan fingerprint density at radius 2 is 2.05 bits per heavy atom. The second-order valence-corrected chi connectivity index (χ2v) is 6.52. The Balaban J connectivity index is 1.88. The lowest BCUT2D eigenvalue weighted by Gasteiger charge is -2.01. The molecule has 0 saturated carbocycles. The summed E-state index contributed by atoms with van der Waals surface area (Å²) in [7, 11) is 0. The number of nitrogens with two attached hydrogens (primary N) is 1. The van der Waals surface area contributed by atoms with Crippen LogP contribution in [0.3, 0.4) is 0 Å². The van der Waals surface area contributed by atoms with Crippen LogP contribution in [0.4, 0.5) is 0 Å². The van der Waals surface area contributed by atoms with Crippen LogP contribution < -0.4 is 5.73 Å². The van der Waals surface area contributed by atoms with Crippen LogP contribution in [-0.2, 0) is 21.7 Å². The first-order valence-electron chi connectivity index (χ1n) is 6.70. The van der Waals surface area contributed by atoms with Gasteiger partial charge in [-0.3, -0.25) is 9.59 Å². The Hall–Kier alpha value is -1.86. The molecule has 0 aliphatic rings. The summed E-state index contributed by atoms with van der Waals surface area (Å²) in [6.45, 7) is 2.16. The van der Waals surface area contributed by atoms with Crippen molar-refractivity contribution < 1.29 is 14.3 Å². The molecular weight excluding hydrogens is 320 g/mol. The second-order valence-electron chi connectivity index (χ2n) is 4.44. The van der Waals surface area contributed by atoms with Gasteiger partial charge in [0.2, 0.25) is 5.91 Å². The van der Waals surface area contributed by atoms with Crippen molar-refractivity contribution in [2.75, 3.05) is 6.61 Å². The van der Waals surface area contributed by atoms with Gasteiger partial charge in [0.05, 0.1) is 18.7 Å². The molecule has 0 aliphatic heterocycles. The van der Waals surface area contributed by atoms with Gasteiger partial charge < -0.3 is 10.5 Å². The molecule has 0 atom stereocenters. The molecule has 0 aliphatic carbocycles.